The molecule has 2 aliphatic heterocycles. The number of benzene rings is 1. The number of aliphatic hydroxyl groups excluding tert-OH is 1. The Labute approximate surface area is 162 Å². The van der Waals surface area contributed by atoms with Gasteiger partial charge in [-0.2, -0.15) is 0 Å². The standard InChI is InChI=1S/C21H33N3O3/c25-17-21(27)10-4-12-24(16-11-21)20(26)22-19-8-14-23(15-9-19)13-7-18-5-2-1-3-6-18/h1-3,5-6,19,25,27H,4,7-17H2,(H,22,26)/t21-/m0/s1. The number of amides is 2. The van der Waals surface area contributed by atoms with Gasteiger partial charge in [0.25, 0.3) is 0 Å². The van der Waals surface area contributed by atoms with E-state index in [0.717, 1.165) is 45.3 Å². The van der Waals surface area contributed by atoms with Gasteiger partial charge in [-0.15, -0.1) is 0 Å². The van der Waals surface area contributed by atoms with Crippen LogP contribution in [0.25, 0.3) is 0 Å². The maximum atomic E-state index is 12.6. The molecule has 0 aliphatic carbocycles. The lowest BCUT2D eigenvalue weighted by Crippen LogP contribution is -2.50. The summed E-state index contributed by atoms with van der Waals surface area (Å²) in [6.07, 6.45) is 4.74. The topological polar surface area (TPSA) is 76.0 Å². The summed E-state index contributed by atoms with van der Waals surface area (Å²) in [5.74, 6) is 0. The summed E-state index contributed by atoms with van der Waals surface area (Å²) < 4.78 is 0. The molecule has 0 unspecified atom stereocenters. The molecule has 3 rings (SSSR count). The van der Waals surface area contributed by atoms with Gasteiger partial charge in [0.15, 0.2) is 0 Å². The van der Waals surface area contributed by atoms with Crippen molar-refractivity contribution < 1.29 is 15.0 Å². The van der Waals surface area contributed by atoms with E-state index in [4.69, 9.17) is 0 Å². The van der Waals surface area contributed by atoms with Crippen molar-refractivity contribution in [3.05, 3.63) is 35.9 Å². The van der Waals surface area contributed by atoms with Gasteiger partial charge in [0.2, 0.25) is 0 Å². The fourth-order valence-electron chi connectivity index (χ4n) is 4.04. The average molecular weight is 376 g/mol. The molecule has 27 heavy (non-hydrogen) atoms. The maximum absolute atomic E-state index is 12.6. The van der Waals surface area contributed by atoms with Crippen LogP contribution in [0.1, 0.15) is 37.7 Å². The van der Waals surface area contributed by atoms with E-state index in [2.05, 4.69) is 34.5 Å². The van der Waals surface area contributed by atoms with Crippen LogP contribution in [-0.4, -0.2) is 77.0 Å². The van der Waals surface area contributed by atoms with Crippen LogP contribution in [0.2, 0.25) is 0 Å². The molecule has 3 N–H and O–H groups in total. The molecule has 1 atom stereocenters. The van der Waals surface area contributed by atoms with E-state index in [0.29, 0.717) is 25.9 Å². The summed E-state index contributed by atoms with van der Waals surface area (Å²) in [6.45, 7) is 4.01. The number of piperidine rings is 1. The van der Waals surface area contributed by atoms with E-state index in [1.54, 1.807) is 4.90 Å². The molecule has 2 fully saturated rings. The lowest BCUT2D eigenvalue weighted by atomic mass is 9.96. The smallest absolute Gasteiger partial charge is 0.317 e. The molecule has 6 heteroatoms. The minimum absolute atomic E-state index is 0.0278. The van der Waals surface area contributed by atoms with Gasteiger partial charge in [-0.25, -0.2) is 4.79 Å². The van der Waals surface area contributed by atoms with Gasteiger partial charge in [-0.05, 0) is 44.1 Å². The van der Waals surface area contributed by atoms with Crippen LogP contribution < -0.4 is 5.32 Å². The van der Waals surface area contributed by atoms with Crippen LogP contribution in [0.15, 0.2) is 30.3 Å². The number of carbonyl (C=O) groups excluding carboxylic acids is 1. The fraction of sp³-hybridized carbons (Fsp3) is 0.667. The number of nitrogens with zero attached hydrogens (tertiary/aromatic N) is 2. The predicted molar refractivity (Wildman–Crippen MR) is 106 cm³/mol. The zero-order valence-electron chi connectivity index (χ0n) is 16.1. The summed E-state index contributed by atoms with van der Waals surface area (Å²) in [5.41, 5.74) is 0.344. The van der Waals surface area contributed by atoms with Gasteiger partial charge in [-0.1, -0.05) is 30.3 Å². The molecular formula is C21H33N3O3. The number of hydrogen-bond donors (Lipinski definition) is 3. The monoisotopic (exact) mass is 375 g/mol. The second-order valence-electron chi connectivity index (χ2n) is 8.02. The molecule has 2 amide bonds. The molecule has 1 aromatic carbocycles. The molecule has 2 aliphatic rings. The van der Waals surface area contributed by atoms with E-state index in [-0.39, 0.29) is 18.7 Å². The molecule has 0 bridgehead atoms. The number of nitrogens with one attached hydrogen (secondary N) is 1. The summed E-state index contributed by atoms with van der Waals surface area (Å²) >= 11 is 0. The molecule has 150 valence electrons. The van der Waals surface area contributed by atoms with Crippen molar-refractivity contribution in [3.8, 4) is 0 Å². The number of rotatable bonds is 5. The van der Waals surface area contributed by atoms with Gasteiger partial charge in [0.1, 0.15) is 0 Å². The Morgan fingerprint density at radius 3 is 2.56 bits per heavy atom. The van der Waals surface area contributed by atoms with Crippen molar-refractivity contribution in [1.29, 1.82) is 0 Å². The maximum Gasteiger partial charge on any atom is 0.317 e. The first kappa shape index (κ1) is 20.1. The molecule has 0 spiro atoms. The van der Waals surface area contributed by atoms with E-state index < -0.39 is 5.60 Å². The van der Waals surface area contributed by atoms with Gasteiger partial charge in [-0.3, -0.25) is 0 Å². The minimum Gasteiger partial charge on any atom is -0.393 e. The van der Waals surface area contributed by atoms with E-state index in [1.807, 2.05) is 6.07 Å². The van der Waals surface area contributed by atoms with Crippen LogP contribution in [0.4, 0.5) is 4.79 Å². The highest BCUT2D eigenvalue weighted by Gasteiger charge is 2.31. The summed E-state index contributed by atoms with van der Waals surface area (Å²) in [5, 5.41) is 22.7. The molecule has 0 saturated carbocycles. The first-order chi connectivity index (χ1) is 13.1. The molecule has 2 saturated heterocycles. The molecule has 2 heterocycles. The molecular weight excluding hydrogens is 342 g/mol. The van der Waals surface area contributed by atoms with Crippen molar-refractivity contribution in [2.24, 2.45) is 0 Å². The first-order valence-electron chi connectivity index (χ1n) is 10.2. The van der Waals surface area contributed by atoms with E-state index in [9.17, 15) is 15.0 Å². The average Bonchev–Trinajstić information content (AvgIpc) is 2.91. The summed E-state index contributed by atoms with van der Waals surface area (Å²) in [7, 11) is 0. The predicted octanol–water partition coefficient (Wildman–Crippen LogP) is 1.61. The molecule has 6 nitrogen and oxygen atoms in total. The Morgan fingerprint density at radius 1 is 1.11 bits per heavy atom. The second-order valence-corrected chi connectivity index (χ2v) is 8.02. The number of carbonyl (C=O) groups is 1. The van der Waals surface area contributed by atoms with Gasteiger partial charge < -0.3 is 25.3 Å². The highest BCUT2D eigenvalue weighted by atomic mass is 16.3. The highest BCUT2D eigenvalue weighted by Crippen LogP contribution is 2.22. The largest absolute Gasteiger partial charge is 0.393 e. The molecule has 1 aromatic rings. The second kappa shape index (κ2) is 9.53. The lowest BCUT2D eigenvalue weighted by molar-refractivity contribution is -0.0248. The van der Waals surface area contributed by atoms with Crippen molar-refractivity contribution in [3.63, 3.8) is 0 Å². The summed E-state index contributed by atoms with van der Waals surface area (Å²) in [6, 6.07) is 10.8. The number of urea groups is 1. The Bertz CT molecular complexity index is 590. The van der Waals surface area contributed by atoms with Gasteiger partial charge >= 0.3 is 6.03 Å². The van der Waals surface area contributed by atoms with Crippen LogP contribution >= 0.6 is 0 Å². The van der Waals surface area contributed by atoms with E-state index >= 15 is 0 Å². The van der Waals surface area contributed by atoms with Crippen molar-refractivity contribution in [2.45, 2.75) is 50.2 Å². The molecule has 0 radical (unpaired) electrons. The van der Waals surface area contributed by atoms with Gasteiger partial charge in [0, 0.05) is 38.8 Å². The van der Waals surface area contributed by atoms with Crippen molar-refractivity contribution >= 4 is 6.03 Å². The Hall–Kier alpha value is -1.63. The Morgan fingerprint density at radius 2 is 1.85 bits per heavy atom. The fourth-order valence-corrected chi connectivity index (χ4v) is 4.04. The third-order valence-electron chi connectivity index (χ3n) is 5.97. The Kier molecular flexibility index (Phi) is 7.10. The van der Waals surface area contributed by atoms with Crippen molar-refractivity contribution in [1.82, 2.24) is 15.1 Å². The van der Waals surface area contributed by atoms with E-state index in [1.165, 1.54) is 5.56 Å². The minimum atomic E-state index is -1.03. The first-order valence-corrected chi connectivity index (χ1v) is 10.2. The lowest BCUT2D eigenvalue weighted by Gasteiger charge is -2.33. The van der Waals surface area contributed by atoms with Crippen LogP contribution in [0.5, 0.6) is 0 Å². The highest BCUT2D eigenvalue weighted by molar-refractivity contribution is 5.74. The summed E-state index contributed by atoms with van der Waals surface area (Å²) in [4.78, 5) is 16.8. The number of hydrogen-bond acceptors (Lipinski definition) is 4. The molecule has 0 aromatic heterocycles. The van der Waals surface area contributed by atoms with Crippen LogP contribution in [0.3, 0.4) is 0 Å². The normalized spacial score (nSPS) is 25.2. The zero-order valence-corrected chi connectivity index (χ0v) is 16.1. The third kappa shape index (κ3) is 5.92. The number of aliphatic hydroxyl groups is 2. The number of likely N-dealkylation sites (tertiary alicyclic amines) is 2. The Balaban J connectivity index is 1.38. The zero-order chi connectivity index (χ0) is 19.1. The quantitative estimate of drug-likeness (QED) is 0.731. The third-order valence-corrected chi connectivity index (χ3v) is 5.97. The van der Waals surface area contributed by atoms with Gasteiger partial charge in [0.05, 0.1) is 12.2 Å². The van der Waals surface area contributed by atoms with Crippen LogP contribution in [-0.2, 0) is 6.42 Å². The van der Waals surface area contributed by atoms with Crippen molar-refractivity contribution in [2.75, 3.05) is 39.3 Å². The SMILES string of the molecule is O=C(NC1CCN(CCc2ccccc2)CC1)N1CCC[C@@](O)(CO)CC1. The van der Waals surface area contributed by atoms with Crippen LogP contribution in [0, 0.1) is 0 Å².